The lowest BCUT2D eigenvalue weighted by Gasteiger charge is -2.13. The van der Waals surface area contributed by atoms with E-state index < -0.39 is 5.56 Å². The molecule has 0 aliphatic rings. The average molecular weight is 414 g/mol. The summed E-state index contributed by atoms with van der Waals surface area (Å²) in [5, 5.41) is 10.5. The Balaban J connectivity index is 1.84. The van der Waals surface area contributed by atoms with E-state index in [1.807, 2.05) is 6.92 Å². The lowest BCUT2D eigenvalue weighted by molar-refractivity contribution is 0.266. The fraction of sp³-hybridized carbons (Fsp3) is 0.200. The molecule has 0 radical (unpaired) electrons. The average Bonchev–Trinajstić information content (AvgIpc) is 2.71. The molecule has 0 saturated heterocycles. The number of benzene rings is 2. The van der Waals surface area contributed by atoms with Crippen LogP contribution in [0.1, 0.15) is 23.7 Å². The van der Waals surface area contributed by atoms with Gasteiger partial charge in [0.05, 0.1) is 12.8 Å². The molecule has 3 rings (SSSR count). The second-order valence-electron chi connectivity index (χ2n) is 5.99. The van der Waals surface area contributed by atoms with E-state index in [1.165, 1.54) is 12.3 Å². The molecule has 0 aliphatic heterocycles. The summed E-state index contributed by atoms with van der Waals surface area (Å²) in [7, 11) is 0. The summed E-state index contributed by atoms with van der Waals surface area (Å²) in [6.07, 6.45) is 1.48. The van der Waals surface area contributed by atoms with Crippen molar-refractivity contribution in [1.82, 2.24) is 14.9 Å². The van der Waals surface area contributed by atoms with Crippen LogP contribution in [0.4, 0.5) is 4.39 Å². The molecule has 3 aromatic rings. The van der Waals surface area contributed by atoms with Crippen molar-refractivity contribution < 1.29 is 13.9 Å². The van der Waals surface area contributed by atoms with Gasteiger partial charge in [-0.25, -0.2) is 4.39 Å². The van der Waals surface area contributed by atoms with Gasteiger partial charge in [0.2, 0.25) is 4.77 Å². The minimum Gasteiger partial charge on any atom is -0.490 e. The summed E-state index contributed by atoms with van der Waals surface area (Å²) in [5.41, 5.74) is 0.965. The van der Waals surface area contributed by atoms with Crippen molar-refractivity contribution >= 4 is 18.4 Å². The Hall–Kier alpha value is -3.33. The van der Waals surface area contributed by atoms with Gasteiger partial charge in [0.25, 0.3) is 5.56 Å². The highest BCUT2D eigenvalue weighted by Gasteiger charge is 2.09. The number of aromatic amines is 1. The predicted octanol–water partition coefficient (Wildman–Crippen LogP) is 3.61. The third-order valence-corrected chi connectivity index (χ3v) is 4.21. The number of aromatic nitrogens is 3. The number of nitrogens with zero attached hydrogens (tertiary/aromatic N) is 3. The van der Waals surface area contributed by atoms with Crippen molar-refractivity contribution in [1.29, 1.82) is 0 Å². The fourth-order valence-electron chi connectivity index (χ4n) is 2.47. The van der Waals surface area contributed by atoms with Crippen molar-refractivity contribution in [2.75, 3.05) is 6.61 Å². The van der Waals surface area contributed by atoms with Gasteiger partial charge in [-0.05, 0) is 55.9 Å². The Morgan fingerprint density at radius 2 is 2.03 bits per heavy atom. The second kappa shape index (κ2) is 9.24. The molecule has 0 fully saturated rings. The van der Waals surface area contributed by atoms with Crippen LogP contribution in [-0.4, -0.2) is 27.7 Å². The quantitative estimate of drug-likeness (QED) is 0.472. The predicted molar refractivity (Wildman–Crippen MR) is 110 cm³/mol. The topological polar surface area (TPSA) is 81.5 Å². The summed E-state index contributed by atoms with van der Waals surface area (Å²) < 4.78 is 26.3. The summed E-state index contributed by atoms with van der Waals surface area (Å²) in [5.74, 6) is 0.626. The monoisotopic (exact) mass is 414 g/mol. The first-order chi connectivity index (χ1) is 14.0. The van der Waals surface area contributed by atoms with E-state index in [0.717, 1.165) is 4.68 Å². The van der Waals surface area contributed by atoms with Gasteiger partial charge in [-0.2, -0.15) is 14.9 Å². The lowest BCUT2D eigenvalue weighted by Crippen LogP contribution is -2.22. The maximum Gasteiger partial charge on any atom is 0.296 e. The maximum absolute atomic E-state index is 13.8. The van der Waals surface area contributed by atoms with Gasteiger partial charge < -0.3 is 9.47 Å². The number of hydrogen-bond acceptors (Lipinski definition) is 6. The standard InChI is InChI=1S/C20H19FN4O3S/c1-3-27-18-10-14(11-22-25-19(26)13(2)23-24-20(25)29)8-9-17(18)28-12-15-6-4-5-7-16(15)21/h4-11H,3,12H2,1-2H3,(H,24,29)/b22-11+. The Labute approximate surface area is 171 Å². The third-order valence-electron chi connectivity index (χ3n) is 3.94. The van der Waals surface area contributed by atoms with Crippen LogP contribution in [0.15, 0.2) is 52.4 Å². The van der Waals surface area contributed by atoms with Crippen LogP contribution >= 0.6 is 12.2 Å². The zero-order chi connectivity index (χ0) is 20.8. The van der Waals surface area contributed by atoms with E-state index in [0.29, 0.717) is 29.2 Å². The van der Waals surface area contributed by atoms with E-state index in [-0.39, 0.29) is 22.9 Å². The minimum atomic E-state index is -0.403. The van der Waals surface area contributed by atoms with E-state index in [2.05, 4.69) is 15.3 Å². The van der Waals surface area contributed by atoms with Crippen molar-refractivity contribution in [3.05, 3.63) is 80.2 Å². The van der Waals surface area contributed by atoms with Gasteiger partial charge in [-0.1, -0.05) is 18.2 Å². The number of aryl methyl sites for hydroxylation is 1. The largest absolute Gasteiger partial charge is 0.490 e. The Morgan fingerprint density at radius 3 is 2.79 bits per heavy atom. The van der Waals surface area contributed by atoms with E-state index >= 15 is 0 Å². The number of rotatable bonds is 7. The van der Waals surface area contributed by atoms with Crippen LogP contribution in [0.25, 0.3) is 0 Å². The van der Waals surface area contributed by atoms with Crippen molar-refractivity contribution in [3.8, 4) is 11.5 Å². The second-order valence-corrected chi connectivity index (χ2v) is 6.38. The first-order valence-electron chi connectivity index (χ1n) is 8.85. The molecule has 9 heteroatoms. The molecular formula is C20H19FN4O3S. The van der Waals surface area contributed by atoms with Crippen LogP contribution in [0.3, 0.4) is 0 Å². The molecule has 1 heterocycles. The zero-order valence-corrected chi connectivity index (χ0v) is 16.7. The summed E-state index contributed by atoms with van der Waals surface area (Å²) >= 11 is 5.05. The molecule has 0 atom stereocenters. The number of hydrogen-bond donors (Lipinski definition) is 1. The SMILES string of the molecule is CCOc1cc(/C=N/n2c(=S)[nH]nc(C)c2=O)ccc1OCc1ccccc1F. The fourth-order valence-corrected chi connectivity index (χ4v) is 2.64. The van der Waals surface area contributed by atoms with Gasteiger partial charge in [0, 0.05) is 5.56 Å². The summed E-state index contributed by atoms with van der Waals surface area (Å²) in [4.78, 5) is 12.1. The van der Waals surface area contributed by atoms with Crippen LogP contribution in [-0.2, 0) is 6.61 Å². The van der Waals surface area contributed by atoms with Gasteiger partial charge in [0.1, 0.15) is 18.1 Å². The molecule has 1 N–H and O–H groups in total. The molecule has 0 bridgehead atoms. The van der Waals surface area contributed by atoms with E-state index in [9.17, 15) is 9.18 Å². The normalized spacial score (nSPS) is 11.0. The Kier molecular flexibility index (Phi) is 6.50. The molecule has 150 valence electrons. The molecule has 0 aliphatic carbocycles. The van der Waals surface area contributed by atoms with Gasteiger partial charge >= 0.3 is 0 Å². The zero-order valence-electron chi connectivity index (χ0n) is 15.9. The maximum atomic E-state index is 13.8. The minimum absolute atomic E-state index is 0.0705. The molecule has 1 aromatic heterocycles. The first-order valence-corrected chi connectivity index (χ1v) is 9.26. The summed E-state index contributed by atoms with van der Waals surface area (Å²) in [6, 6.07) is 11.6. The highest BCUT2D eigenvalue weighted by molar-refractivity contribution is 7.71. The Bertz CT molecular complexity index is 1160. The van der Waals surface area contributed by atoms with Crippen LogP contribution in [0, 0.1) is 17.5 Å². The van der Waals surface area contributed by atoms with Crippen LogP contribution < -0.4 is 15.0 Å². The molecule has 7 nitrogen and oxygen atoms in total. The van der Waals surface area contributed by atoms with E-state index in [1.54, 1.807) is 43.3 Å². The number of ether oxygens (including phenoxy) is 2. The molecule has 29 heavy (non-hydrogen) atoms. The third kappa shape index (κ3) is 4.94. The molecular weight excluding hydrogens is 395 g/mol. The number of nitrogens with one attached hydrogen (secondary N) is 1. The first kappa shape index (κ1) is 20.4. The van der Waals surface area contributed by atoms with Gasteiger partial charge in [-0.3, -0.25) is 9.89 Å². The van der Waals surface area contributed by atoms with Crippen molar-refractivity contribution in [2.45, 2.75) is 20.5 Å². The van der Waals surface area contributed by atoms with Crippen LogP contribution in [0.2, 0.25) is 0 Å². The highest BCUT2D eigenvalue weighted by Crippen LogP contribution is 2.29. The molecule has 0 unspecified atom stereocenters. The number of halogens is 1. The lowest BCUT2D eigenvalue weighted by atomic mass is 10.2. The molecule has 0 saturated carbocycles. The Morgan fingerprint density at radius 1 is 1.24 bits per heavy atom. The molecule has 0 amide bonds. The van der Waals surface area contributed by atoms with E-state index in [4.69, 9.17) is 21.7 Å². The van der Waals surface area contributed by atoms with Gasteiger partial charge in [-0.15, -0.1) is 0 Å². The summed E-state index contributed by atoms with van der Waals surface area (Å²) in [6.45, 7) is 3.90. The smallest absolute Gasteiger partial charge is 0.296 e. The highest BCUT2D eigenvalue weighted by atomic mass is 32.1. The molecule has 0 spiro atoms. The van der Waals surface area contributed by atoms with Crippen molar-refractivity contribution in [2.24, 2.45) is 5.10 Å². The number of H-pyrrole nitrogens is 1. The van der Waals surface area contributed by atoms with Crippen molar-refractivity contribution in [3.63, 3.8) is 0 Å². The van der Waals surface area contributed by atoms with Crippen LogP contribution in [0.5, 0.6) is 11.5 Å². The van der Waals surface area contributed by atoms with Gasteiger partial charge in [0.15, 0.2) is 11.5 Å². The molecule has 2 aromatic carbocycles.